The van der Waals surface area contributed by atoms with Crippen LogP contribution < -0.4 is 0 Å². The van der Waals surface area contributed by atoms with Gasteiger partial charge in [-0.2, -0.15) is 12.7 Å². The largest absolute Gasteiger partial charge is 0.480 e. The topological polar surface area (TPSA) is 144 Å². The summed E-state index contributed by atoms with van der Waals surface area (Å²) in [7, 11) is -4.18. The quantitative estimate of drug-likeness (QED) is 0.210. The molecule has 1 aromatic heterocycles. The van der Waals surface area contributed by atoms with Crippen LogP contribution in [0.1, 0.15) is 85.7 Å². The van der Waals surface area contributed by atoms with E-state index in [4.69, 9.17) is 14.0 Å². The zero-order chi connectivity index (χ0) is 30.4. The highest BCUT2D eigenvalue weighted by molar-refractivity contribution is 7.84. The Bertz CT molecular complexity index is 1550. The molecule has 228 valence electrons. The number of ether oxygens (including phenoxy) is 1. The van der Waals surface area contributed by atoms with Gasteiger partial charge in [-0.1, -0.05) is 42.3 Å². The molecule has 4 rings (SSSR count). The number of esters is 1. The molecule has 0 saturated carbocycles. The van der Waals surface area contributed by atoms with E-state index < -0.39 is 22.3 Å². The van der Waals surface area contributed by atoms with E-state index in [1.165, 1.54) is 10.4 Å². The number of fused-ring (bicyclic) bond motifs is 1. The molecule has 0 spiro atoms. The van der Waals surface area contributed by atoms with Crippen molar-refractivity contribution in [3.8, 4) is 0 Å². The lowest BCUT2D eigenvalue weighted by molar-refractivity contribution is -0.143. The number of aryl methyl sites for hydroxylation is 3. The van der Waals surface area contributed by atoms with Gasteiger partial charge in [-0.25, -0.2) is 4.68 Å². The van der Waals surface area contributed by atoms with E-state index in [1.54, 1.807) is 13.8 Å². The maximum atomic E-state index is 12.8. The SMILES string of the molecule is CCOC(=O)CC(c1ccc(C)c([C@@H](C)N2CC=C(O)OS2(=O)=O)c1)c1ccc2c(nnn2CCCCCCO)c1C. The summed E-state index contributed by atoms with van der Waals surface area (Å²) in [4.78, 5) is 12.8. The summed E-state index contributed by atoms with van der Waals surface area (Å²) < 4.78 is 38.5. The third-order valence-corrected chi connectivity index (χ3v) is 9.24. The molecule has 0 aliphatic carbocycles. The van der Waals surface area contributed by atoms with Crippen LogP contribution in [0.2, 0.25) is 0 Å². The first kappa shape index (κ1) is 31.5. The molecule has 1 unspecified atom stereocenters. The molecule has 2 aromatic carbocycles. The molecular formula is C30H40N4O7S. The minimum atomic E-state index is -4.18. The van der Waals surface area contributed by atoms with E-state index in [0.717, 1.165) is 71.1 Å². The van der Waals surface area contributed by atoms with Crippen LogP contribution in [0, 0.1) is 13.8 Å². The van der Waals surface area contributed by atoms with E-state index in [1.807, 2.05) is 48.9 Å². The number of nitrogens with zero attached hydrogens (tertiary/aromatic N) is 4. The average molecular weight is 601 g/mol. The molecule has 2 N–H and O–H groups in total. The molecule has 0 amide bonds. The van der Waals surface area contributed by atoms with Crippen LogP contribution in [-0.2, 0) is 30.6 Å². The predicted octanol–water partition coefficient (Wildman–Crippen LogP) is 4.72. The fraction of sp³-hybridized carbons (Fsp3) is 0.500. The van der Waals surface area contributed by atoms with Crippen molar-refractivity contribution in [1.29, 1.82) is 0 Å². The summed E-state index contributed by atoms with van der Waals surface area (Å²) in [6.07, 6.45) is 5.09. The second-order valence-electron chi connectivity index (χ2n) is 10.6. The normalized spacial score (nSPS) is 16.5. The van der Waals surface area contributed by atoms with Gasteiger partial charge in [0.15, 0.2) is 0 Å². The maximum Gasteiger partial charge on any atom is 0.388 e. The number of hydrogen-bond acceptors (Lipinski definition) is 9. The molecule has 0 bridgehead atoms. The Labute approximate surface area is 247 Å². The van der Waals surface area contributed by atoms with Crippen LogP contribution in [-0.4, -0.2) is 63.7 Å². The Morgan fingerprint density at radius 2 is 1.88 bits per heavy atom. The highest BCUT2D eigenvalue weighted by Crippen LogP contribution is 2.37. The number of aromatic nitrogens is 3. The second kappa shape index (κ2) is 13.7. The summed E-state index contributed by atoms with van der Waals surface area (Å²) in [6.45, 7) is 8.58. The Kier molecular flexibility index (Phi) is 10.2. The Hall–Kier alpha value is -3.48. The van der Waals surface area contributed by atoms with Crippen molar-refractivity contribution in [2.45, 2.75) is 78.3 Å². The summed E-state index contributed by atoms with van der Waals surface area (Å²) in [6, 6.07) is 9.21. The Morgan fingerprint density at radius 1 is 1.12 bits per heavy atom. The molecular weight excluding hydrogens is 560 g/mol. The zero-order valence-corrected chi connectivity index (χ0v) is 25.4. The summed E-state index contributed by atoms with van der Waals surface area (Å²) in [5, 5.41) is 27.5. The van der Waals surface area contributed by atoms with Crippen molar-refractivity contribution >= 4 is 27.3 Å². The molecule has 0 fully saturated rings. The van der Waals surface area contributed by atoms with Crippen LogP contribution in [0.15, 0.2) is 42.4 Å². The number of benzene rings is 2. The van der Waals surface area contributed by atoms with Crippen LogP contribution in [0.4, 0.5) is 0 Å². The first-order valence-electron chi connectivity index (χ1n) is 14.4. The van der Waals surface area contributed by atoms with E-state index in [-0.39, 0.29) is 38.1 Å². The Morgan fingerprint density at radius 3 is 2.60 bits per heavy atom. The van der Waals surface area contributed by atoms with Crippen molar-refractivity contribution in [2.24, 2.45) is 0 Å². The molecule has 12 heteroatoms. The number of rotatable bonds is 13. The van der Waals surface area contributed by atoms with Crippen LogP contribution >= 0.6 is 0 Å². The minimum Gasteiger partial charge on any atom is -0.480 e. The molecule has 0 saturated heterocycles. The molecule has 0 radical (unpaired) electrons. The van der Waals surface area contributed by atoms with Crippen molar-refractivity contribution in [3.05, 3.63) is 70.2 Å². The summed E-state index contributed by atoms with van der Waals surface area (Å²) in [5.41, 5.74) is 5.98. The van der Waals surface area contributed by atoms with Gasteiger partial charge in [-0.15, -0.1) is 5.10 Å². The molecule has 11 nitrogen and oxygen atoms in total. The van der Waals surface area contributed by atoms with Crippen LogP contribution in [0.25, 0.3) is 11.0 Å². The van der Waals surface area contributed by atoms with Gasteiger partial charge >= 0.3 is 16.3 Å². The van der Waals surface area contributed by atoms with Crippen LogP contribution in [0.3, 0.4) is 0 Å². The smallest absolute Gasteiger partial charge is 0.388 e. The van der Waals surface area contributed by atoms with Crippen LogP contribution in [0.5, 0.6) is 0 Å². The van der Waals surface area contributed by atoms with Crippen molar-refractivity contribution in [2.75, 3.05) is 19.8 Å². The standard InChI is InChI=1S/C30H40N4O7S/c1-5-40-29(37)19-26(24-12-13-27-30(21(24)3)31-32-33(27)15-8-6-7-9-17-35)23-11-10-20(2)25(18-23)22(4)34-16-14-28(36)41-42(34,38)39/h10-14,18,22,26,35-36H,5-9,15-17,19H2,1-4H3/t22-,26?/m1/s1. The fourth-order valence-electron chi connectivity index (χ4n) is 5.53. The predicted molar refractivity (Wildman–Crippen MR) is 158 cm³/mol. The lowest BCUT2D eigenvalue weighted by Crippen LogP contribution is -2.38. The minimum absolute atomic E-state index is 0.0296. The highest BCUT2D eigenvalue weighted by atomic mass is 32.2. The van der Waals surface area contributed by atoms with E-state index in [2.05, 4.69) is 10.3 Å². The van der Waals surface area contributed by atoms with Gasteiger partial charge in [0.25, 0.3) is 5.95 Å². The van der Waals surface area contributed by atoms with Gasteiger partial charge in [0, 0.05) is 31.7 Å². The number of carbonyl (C=O) groups is 1. The first-order valence-corrected chi connectivity index (χ1v) is 15.7. The van der Waals surface area contributed by atoms with E-state index >= 15 is 0 Å². The lowest BCUT2D eigenvalue weighted by atomic mass is 9.83. The number of carbonyl (C=O) groups excluding carboxylic acids is 1. The summed E-state index contributed by atoms with van der Waals surface area (Å²) in [5.74, 6) is -1.35. The molecule has 3 aromatic rings. The van der Waals surface area contributed by atoms with Gasteiger partial charge in [-0.05, 0) is 74.4 Å². The van der Waals surface area contributed by atoms with Gasteiger partial charge in [0.1, 0.15) is 5.52 Å². The third-order valence-electron chi connectivity index (χ3n) is 7.82. The number of hydrogen-bond donors (Lipinski definition) is 2. The average Bonchev–Trinajstić information content (AvgIpc) is 3.35. The van der Waals surface area contributed by atoms with Crippen molar-refractivity contribution in [1.82, 2.24) is 19.3 Å². The van der Waals surface area contributed by atoms with E-state index in [9.17, 15) is 18.3 Å². The lowest BCUT2D eigenvalue weighted by Gasteiger charge is -2.30. The highest BCUT2D eigenvalue weighted by Gasteiger charge is 2.34. The maximum absolute atomic E-state index is 12.8. The van der Waals surface area contributed by atoms with E-state index in [0.29, 0.717) is 0 Å². The molecule has 42 heavy (non-hydrogen) atoms. The van der Waals surface area contributed by atoms with Gasteiger partial charge in [0.2, 0.25) is 0 Å². The second-order valence-corrected chi connectivity index (χ2v) is 12.1. The number of aliphatic hydroxyl groups is 2. The molecule has 1 aliphatic heterocycles. The number of unbranched alkanes of at least 4 members (excludes halogenated alkanes) is 3. The fourth-order valence-corrected chi connectivity index (χ4v) is 6.67. The molecule has 2 atom stereocenters. The zero-order valence-electron chi connectivity index (χ0n) is 24.6. The number of aliphatic hydroxyl groups excluding tert-OH is 2. The third kappa shape index (κ3) is 6.93. The van der Waals surface area contributed by atoms with Gasteiger partial charge < -0.3 is 19.1 Å². The van der Waals surface area contributed by atoms with Crippen molar-refractivity contribution < 1.29 is 32.3 Å². The first-order chi connectivity index (χ1) is 20.1. The molecule has 2 heterocycles. The van der Waals surface area contributed by atoms with Gasteiger partial charge in [0.05, 0.1) is 24.6 Å². The monoisotopic (exact) mass is 600 g/mol. The summed E-state index contributed by atoms with van der Waals surface area (Å²) >= 11 is 0. The van der Waals surface area contributed by atoms with Gasteiger partial charge in [-0.3, -0.25) is 4.79 Å². The Balaban J connectivity index is 1.70. The molecule has 1 aliphatic rings. The van der Waals surface area contributed by atoms with Crippen molar-refractivity contribution in [3.63, 3.8) is 0 Å².